The Bertz CT molecular complexity index is 631. The van der Waals surface area contributed by atoms with E-state index in [2.05, 4.69) is 49.1 Å². The second kappa shape index (κ2) is 5.20. The fraction of sp³-hybridized carbons (Fsp3) is 0.333. The molecule has 2 heteroatoms. The predicted molar refractivity (Wildman–Crippen MR) is 86.1 cm³/mol. The summed E-state index contributed by atoms with van der Waals surface area (Å²) in [6.45, 7) is 6.44. The number of nitrogen functional groups attached to an aromatic ring is 1. The fourth-order valence-corrected chi connectivity index (χ4v) is 3.01. The van der Waals surface area contributed by atoms with Crippen LogP contribution >= 0.6 is 0 Å². The highest BCUT2D eigenvalue weighted by atomic mass is 15.1. The summed E-state index contributed by atoms with van der Waals surface area (Å²) in [6, 6.07) is 13.0. The summed E-state index contributed by atoms with van der Waals surface area (Å²) < 4.78 is 0. The zero-order chi connectivity index (χ0) is 14.1. The van der Waals surface area contributed by atoms with Gasteiger partial charge in [-0.3, -0.25) is 0 Å². The molecule has 1 aliphatic heterocycles. The van der Waals surface area contributed by atoms with Gasteiger partial charge in [-0.05, 0) is 55.5 Å². The number of rotatable bonds is 2. The van der Waals surface area contributed by atoms with Crippen molar-refractivity contribution in [1.82, 2.24) is 0 Å². The molecule has 0 saturated heterocycles. The van der Waals surface area contributed by atoms with Gasteiger partial charge in [-0.1, -0.05) is 29.8 Å². The Morgan fingerprint density at radius 3 is 2.80 bits per heavy atom. The molecule has 0 aromatic heterocycles. The lowest BCUT2D eigenvalue weighted by atomic mass is 9.99. The largest absolute Gasteiger partial charge is 0.399 e. The molecule has 2 aromatic rings. The minimum atomic E-state index is 0.858. The van der Waals surface area contributed by atoms with Crippen molar-refractivity contribution in [2.24, 2.45) is 0 Å². The van der Waals surface area contributed by atoms with Crippen molar-refractivity contribution >= 4 is 11.4 Å². The third kappa shape index (κ3) is 2.51. The van der Waals surface area contributed by atoms with E-state index in [1.165, 1.54) is 40.8 Å². The first-order chi connectivity index (χ1) is 9.63. The van der Waals surface area contributed by atoms with Crippen molar-refractivity contribution in [3.8, 4) is 0 Å². The van der Waals surface area contributed by atoms with Crippen LogP contribution in [0, 0.1) is 13.8 Å². The van der Waals surface area contributed by atoms with E-state index in [0.717, 1.165) is 18.8 Å². The highest BCUT2D eigenvalue weighted by molar-refractivity contribution is 5.62. The van der Waals surface area contributed by atoms with Gasteiger partial charge in [0.2, 0.25) is 0 Å². The van der Waals surface area contributed by atoms with Gasteiger partial charge in [0.1, 0.15) is 0 Å². The summed E-state index contributed by atoms with van der Waals surface area (Å²) in [4.78, 5) is 2.47. The van der Waals surface area contributed by atoms with E-state index < -0.39 is 0 Å². The monoisotopic (exact) mass is 266 g/mol. The molecule has 1 aliphatic rings. The Hall–Kier alpha value is -1.96. The van der Waals surface area contributed by atoms with Crippen LogP contribution in [0.4, 0.5) is 11.4 Å². The van der Waals surface area contributed by atoms with Crippen LogP contribution in [0.1, 0.15) is 28.7 Å². The maximum absolute atomic E-state index is 5.96. The number of benzene rings is 2. The summed E-state index contributed by atoms with van der Waals surface area (Å²) in [5.74, 6) is 0. The first-order valence-electron chi connectivity index (χ1n) is 7.33. The normalized spacial score (nSPS) is 14.2. The minimum Gasteiger partial charge on any atom is -0.399 e. The van der Waals surface area contributed by atoms with E-state index in [1.54, 1.807) is 0 Å². The molecule has 0 atom stereocenters. The van der Waals surface area contributed by atoms with Gasteiger partial charge in [-0.15, -0.1) is 0 Å². The van der Waals surface area contributed by atoms with E-state index in [4.69, 9.17) is 5.73 Å². The Morgan fingerprint density at radius 1 is 1.10 bits per heavy atom. The second-order valence-electron chi connectivity index (χ2n) is 5.84. The number of fused-ring (bicyclic) bond motifs is 1. The van der Waals surface area contributed by atoms with Crippen LogP contribution in [0.5, 0.6) is 0 Å². The standard InChI is InChI=1S/C18H22N2/c1-13-5-6-14(2)16(10-13)12-20-9-3-4-15-7-8-17(19)11-18(15)20/h5-8,10-11H,3-4,9,12,19H2,1-2H3. The first kappa shape index (κ1) is 13.0. The average Bonchev–Trinajstić information content (AvgIpc) is 2.43. The number of anilines is 2. The molecule has 0 unspecified atom stereocenters. The van der Waals surface area contributed by atoms with Gasteiger partial charge in [0.15, 0.2) is 0 Å². The Balaban J connectivity index is 1.93. The Morgan fingerprint density at radius 2 is 1.95 bits per heavy atom. The van der Waals surface area contributed by atoms with Crippen LogP contribution in [-0.2, 0) is 13.0 Å². The molecule has 0 aliphatic carbocycles. The van der Waals surface area contributed by atoms with Gasteiger partial charge < -0.3 is 10.6 Å². The third-order valence-corrected chi connectivity index (χ3v) is 4.19. The SMILES string of the molecule is Cc1ccc(C)c(CN2CCCc3ccc(N)cc32)c1. The van der Waals surface area contributed by atoms with Gasteiger partial charge in [-0.2, -0.15) is 0 Å². The van der Waals surface area contributed by atoms with Gasteiger partial charge in [0.05, 0.1) is 0 Å². The lowest BCUT2D eigenvalue weighted by Gasteiger charge is -2.32. The van der Waals surface area contributed by atoms with Gasteiger partial charge in [0, 0.05) is 24.5 Å². The zero-order valence-corrected chi connectivity index (χ0v) is 12.3. The highest BCUT2D eigenvalue weighted by Crippen LogP contribution is 2.30. The molecule has 2 aromatic carbocycles. The molecule has 0 bridgehead atoms. The molecule has 2 N–H and O–H groups in total. The lowest BCUT2D eigenvalue weighted by molar-refractivity contribution is 0.690. The maximum Gasteiger partial charge on any atom is 0.0432 e. The first-order valence-corrected chi connectivity index (χ1v) is 7.33. The highest BCUT2D eigenvalue weighted by Gasteiger charge is 2.17. The molecule has 104 valence electrons. The maximum atomic E-state index is 5.96. The van der Waals surface area contributed by atoms with Gasteiger partial charge in [0.25, 0.3) is 0 Å². The number of hydrogen-bond donors (Lipinski definition) is 1. The second-order valence-corrected chi connectivity index (χ2v) is 5.84. The zero-order valence-electron chi connectivity index (χ0n) is 12.3. The lowest BCUT2D eigenvalue weighted by Crippen LogP contribution is -2.29. The van der Waals surface area contributed by atoms with Crippen LogP contribution in [-0.4, -0.2) is 6.54 Å². The Labute approximate surface area is 121 Å². The number of nitrogens with two attached hydrogens (primary N) is 1. The third-order valence-electron chi connectivity index (χ3n) is 4.19. The van der Waals surface area contributed by atoms with Crippen molar-refractivity contribution in [2.75, 3.05) is 17.2 Å². The van der Waals surface area contributed by atoms with E-state index in [1.807, 2.05) is 6.07 Å². The van der Waals surface area contributed by atoms with Crippen LogP contribution in [0.15, 0.2) is 36.4 Å². The van der Waals surface area contributed by atoms with E-state index >= 15 is 0 Å². The summed E-state index contributed by atoms with van der Waals surface area (Å²) in [5.41, 5.74) is 13.7. The summed E-state index contributed by atoms with van der Waals surface area (Å²) >= 11 is 0. The van der Waals surface area contributed by atoms with Crippen molar-refractivity contribution < 1.29 is 0 Å². The molecule has 0 radical (unpaired) electrons. The number of nitrogens with zero attached hydrogens (tertiary/aromatic N) is 1. The fourth-order valence-electron chi connectivity index (χ4n) is 3.01. The molecular weight excluding hydrogens is 244 g/mol. The van der Waals surface area contributed by atoms with Crippen LogP contribution in [0.3, 0.4) is 0 Å². The van der Waals surface area contributed by atoms with Gasteiger partial charge >= 0.3 is 0 Å². The number of hydrogen-bond acceptors (Lipinski definition) is 2. The average molecular weight is 266 g/mol. The smallest absolute Gasteiger partial charge is 0.0432 e. The molecule has 2 nitrogen and oxygen atoms in total. The molecule has 0 saturated carbocycles. The molecular formula is C18H22N2. The summed E-state index contributed by atoms with van der Waals surface area (Å²) in [6.07, 6.45) is 2.39. The molecule has 0 fully saturated rings. The van der Waals surface area contributed by atoms with Gasteiger partial charge in [-0.25, -0.2) is 0 Å². The van der Waals surface area contributed by atoms with E-state index in [-0.39, 0.29) is 0 Å². The molecule has 3 rings (SSSR count). The number of aryl methyl sites for hydroxylation is 3. The van der Waals surface area contributed by atoms with Crippen molar-refractivity contribution in [3.63, 3.8) is 0 Å². The van der Waals surface area contributed by atoms with Crippen LogP contribution in [0.25, 0.3) is 0 Å². The Kier molecular flexibility index (Phi) is 3.39. The van der Waals surface area contributed by atoms with Crippen LogP contribution < -0.4 is 10.6 Å². The molecule has 1 heterocycles. The van der Waals surface area contributed by atoms with Crippen molar-refractivity contribution in [3.05, 3.63) is 58.7 Å². The quantitative estimate of drug-likeness (QED) is 0.837. The van der Waals surface area contributed by atoms with Crippen molar-refractivity contribution in [1.29, 1.82) is 0 Å². The van der Waals surface area contributed by atoms with Crippen LogP contribution in [0.2, 0.25) is 0 Å². The van der Waals surface area contributed by atoms with E-state index in [9.17, 15) is 0 Å². The van der Waals surface area contributed by atoms with Crippen molar-refractivity contribution in [2.45, 2.75) is 33.2 Å². The molecule has 0 spiro atoms. The topological polar surface area (TPSA) is 29.3 Å². The summed E-state index contributed by atoms with van der Waals surface area (Å²) in [5, 5.41) is 0. The minimum absolute atomic E-state index is 0.858. The van der Waals surface area contributed by atoms with E-state index in [0.29, 0.717) is 0 Å². The summed E-state index contributed by atoms with van der Waals surface area (Å²) in [7, 11) is 0. The molecule has 20 heavy (non-hydrogen) atoms. The predicted octanol–water partition coefficient (Wildman–Crippen LogP) is 3.84. The molecule has 0 amide bonds.